The normalized spacial score (nSPS) is 19.0. The summed E-state index contributed by atoms with van der Waals surface area (Å²) in [5, 5.41) is 10.3. The fourth-order valence-electron chi connectivity index (χ4n) is 8.26. The molecule has 4 aromatic rings. The largest absolute Gasteiger partial charge is 0.493 e. The van der Waals surface area contributed by atoms with Crippen LogP contribution in [-0.4, -0.2) is 112 Å². The maximum atomic E-state index is 15.1. The molecule has 0 unspecified atom stereocenters. The van der Waals surface area contributed by atoms with E-state index in [4.69, 9.17) is 17.1 Å². The van der Waals surface area contributed by atoms with Crippen molar-refractivity contribution >= 4 is 80.1 Å². The molecule has 3 N–H and O–H groups in total. The van der Waals surface area contributed by atoms with E-state index in [9.17, 15) is 33.6 Å². The van der Waals surface area contributed by atoms with Crippen molar-refractivity contribution in [3.63, 3.8) is 0 Å². The van der Waals surface area contributed by atoms with Gasteiger partial charge in [0.1, 0.15) is 17.3 Å². The number of nitrogens with one attached hydrogen (secondary N) is 3. The van der Waals surface area contributed by atoms with Crippen LogP contribution in [0, 0.1) is 11.7 Å². The SMILES string of the molecule is [2H]C1([2H])[C@H](C(=O)Nc2ccc(CNC(=O)c3ccc(N4CCN(C(=O)CCSSC(C)(C)CC(=O)N/N=C5\CCOc6cc(OCCCC(=O)ON7C(=O)CCC7=O)ccc65)CC4)cc3)c(F)c2)[C@H]1c1cccnc1. The van der Waals surface area contributed by atoms with Crippen molar-refractivity contribution in [1.82, 2.24) is 25.7 Å². The standard InChI is InChI=1S/C52H57FN8O10S2/c1-52(2,30-45(62)58-57-43-17-25-70-44-28-38(13-14-39(43)44)69-24-4-6-49(66)71-61-47(64)15-16-48(61)65)73-72-26-18-46(63)60-22-20-59(21-23-60)37-11-8-33(9-12-37)50(67)55-32-35-7-10-36(27-42(35)53)56-51(68)41-29-40(41)34-5-3-19-54-31-34/h3,5,7-14,19,27-28,31,40-41H,4,6,15-18,20-26,29-30,32H2,1-2H3,(H,55,67)(H,56,68)(H,58,62)/b57-43+/t40-,41+/m1/s1/i29D2. The number of hydrogen-bond donors (Lipinski definition) is 3. The van der Waals surface area contributed by atoms with Gasteiger partial charge in [0.15, 0.2) is 0 Å². The van der Waals surface area contributed by atoms with Crippen LogP contribution >= 0.6 is 21.6 Å². The number of carbonyl (C=O) groups excluding carboxylic acids is 7. The van der Waals surface area contributed by atoms with Crippen molar-refractivity contribution in [2.45, 2.75) is 82.4 Å². The quantitative estimate of drug-likeness (QED) is 0.0349. The fraction of sp³-hybridized carbons (Fsp3) is 0.404. The molecule has 21 heteroatoms. The number of fused-ring (bicyclic) bond motifs is 1. The third-order valence-electron chi connectivity index (χ3n) is 12.2. The van der Waals surface area contributed by atoms with Crippen LogP contribution in [0.15, 0.2) is 90.3 Å². The van der Waals surface area contributed by atoms with E-state index in [0.717, 1.165) is 11.8 Å². The zero-order chi connectivity index (χ0) is 53.3. The molecule has 384 valence electrons. The number of benzene rings is 3. The van der Waals surface area contributed by atoms with E-state index in [2.05, 4.69) is 31.0 Å². The smallest absolute Gasteiger partial charge is 0.333 e. The zero-order valence-electron chi connectivity index (χ0n) is 42.4. The van der Waals surface area contributed by atoms with E-state index in [-0.39, 0.29) is 67.8 Å². The fourth-order valence-corrected chi connectivity index (χ4v) is 10.7. The molecule has 2 atom stereocenters. The van der Waals surface area contributed by atoms with Gasteiger partial charge in [-0.25, -0.2) is 14.6 Å². The van der Waals surface area contributed by atoms with E-state index in [0.29, 0.717) is 96.8 Å². The predicted molar refractivity (Wildman–Crippen MR) is 273 cm³/mol. The molecule has 1 aromatic heterocycles. The van der Waals surface area contributed by atoms with Gasteiger partial charge < -0.3 is 34.7 Å². The van der Waals surface area contributed by atoms with Gasteiger partial charge in [0.05, 0.1) is 25.3 Å². The molecule has 4 aliphatic rings. The number of halogens is 1. The topological polar surface area (TPSA) is 218 Å². The van der Waals surface area contributed by atoms with E-state index < -0.39 is 52.5 Å². The molecule has 0 spiro atoms. The number of rotatable bonds is 21. The van der Waals surface area contributed by atoms with Gasteiger partial charge in [-0.15, -0.1) is 5.06 Å². The number of nitrogens with zero attached hydrogens (tertiary/aromatic N) is 5. The lowest BCUT2D eigenvalue weighted by Crippen LogP contribution is -2.48. The van der Waals surface area contributed by atoms with Crippen molar-refractivity contribution in [3.8, 4) is 11.5 Å². The molecule has 3 aromatic carbocycles. The second-order valence-electron chi connectivity index (χ2n) is 18.2. The first-order chi connectivity index (χ1) is 36.0. The molecule has 1 saturated carbocycles. The Hall–Kier alpha value is -7.00. The molecule has 3 fully saturated rings. The van der Waals surface area contributed by atoms with Crippen LogP contribution < -0.4 is 30.4 Å². The number of amides is 6. The monoisotopic (exact) mass is 1040 g/mol. The highest BCUT2D eigenvalue weighted by Gasteiger charge is 2.44. The van der Waals surface area contributed by atoms with Gasteiger partial charge in [0.2, 0.25) is 17.7 Å². The second-order valence-corrected chi connectivity index (χ2v) is 21.4. The van der Waals surface area contributed by atoms with Gasteiger partial charge in [0, 0.05) is 131 Å². The van der Waals surface area contributed by atoms with Gasteiger partial charge in [-0.2, -0.15) is 5.10 Å². The molecule has 2 saturated heterocycles. The summed E-state index contributed by atoms with van der Waals surface area (Å²) >= 11 is 0. The number of hydroxylamine groups is 2. The predicted octanol–water partition coefficient (Wildman–Crippen LogP) is 6.55. The van der Waals surface area contributed by atoms with Gasteiger partial charge >= 0.3 is 5.97 Å². The minimum absolute atomic E-state index is 0.0269. The number of hydrazone groups is 1. The van der Waals surface area contributed by atoms with E-state index in [1.54, 1.807) is 70.2 Å². The first-order valence-electron chi connectivity index (χ1n) is 25.0. The third kappa shape index (κ3) is 14.4. The molecule has 73 heavy (non-hydrogen) atoms. The van der Waals surface area contributed by atoms with Crippen molar-refractivity contribution < 1.29 is 55.0 Å². The summed E-state index contributed by atoms with van der Waals surface area (Å²) in [5.41, 5.74) is 6.38. The van der Waals surface area contributed by atoms with Crippen molar-refractivity contribution in [2.24, 2.45) is 11.0 Å². The van der Waals surface area contributed by atoms with Crippen molar-refractivity contribution in [1.29, 1.82) is 0 Å². The molecule has 6 amide bonds. The minimum Gasteiger partial charge on any atom is -0.493 e. The number of carbonyl (C=O) groups is 7. The average molecular weight is 1040 g/mol. The van der Waals surface area contributed by atoms with E-state index >= 15 is 4.39 Å². The molecule has 18 nitrogen and oxygen atoms in total. The van der Waals surface area contributed by atoms with Gasteiger partial charge in [0.25, 0.3) is 17.7 Å². The Kier molecular flexibility index (Phi) is 16.4. The van der Waals surface area contributed by atoms with Gasteiger partial charge in [-0.05, 0) is 92.7 Å². The summed E-state index contributed by atoms with van der Waals surface area (Å²) in [6, 6.07) is 19.9. The number of piperazine rings is 1. The third-order valence-corrected chi connectivity index (χ3v) is 15.5. The first kappa shape index (κ1) is 49.6. The molecule has 0 bridgehead atoms. The van der Waals surface area contributed by atoms with E-state index in [1.807, 2.05) is 30.9 Å². The average Bonchev–Trinajstić information content (AvgIpc) is 3.90. The highest BCUT2D eigenvalue weighted by atomic mass is 33.1. The highest BCUT2D eigenvalue weighted by Crippen LogP contribution is 2.47. The Morgan fingerprint density at radius 2 is 1.74 bits per heavy atom. The number of hydrogen-bond acceptors (Lipinski definition) is 15. The Morgan fingerprint density at radius 3 is 2.48 bits per heavy atom. The Balaban J connectivity index is 0.692. The maximum Gasteiger partial charge on any atom is 0.333 e. The molecular formula is C52H57FN8O10S2. The van der Waals surface area contributed by atoms with Crippen LogP contribution in [0.4, 0.5) is 15.8 Å². The molecule has 1 aliphatic carbocycles. The summed E-state index contributed by atoms with van der Waals surface area (Å²) in [5.74, 6) is -3.47. The van der Waals surface area contributed by atoms with Crippen LogP contribution in [-0.2, 0) is 40.1 Å². The van der Waals surface area contributed by atoms with Crippen LogP contribution in [0.3, 0.4) is 0 Å². The Bertz CT molecular complexity index is 2820. The number of imide groups is 1. The van der Waals surface area contributed by atoms with E-state index in [1.165, 1.54) is 18.3 Å². The molecule has 4 heterocycles. The molecular weight excluding hydrogens is 980 g/mol. The number of aromatic nitrogens is 1. The summed E-state index contributed by atoms with van der Waals surface area (Å²) in [6.07, 6.45) is 2.70. The Morgan fingerprint density at radius 1 is 0.959 bits per heavy atom. The first-order valence-corrected chi connectivity index (χ1v) is 26.3. The zero-order valence-corrected chi connectivity index (χ0v) is 42.0. The van der Waals surface area contributed by atoms with Gasteiger partial charge in [-0.1, -0.05) is 33.7 Å². The summed E-state index contributed by atoms with van der Waals surface area (Å²) in [4.78, 5) is 100. The Labute approximate surface area is 432 Å². The molecule has 3 aliphatic heterocycles. The summed E-state index contributed by atoms with van der Waals surface area (Å²) in [6.45, 7) is 6.70. The number of ether oxygens (including phenoxy) is 2. The number of pyridine rings is 1. The summed E-state index contributed by atoms with van der Waals surface area (Å²) in [7, 11) is 3.09. The lowest BCUT2D eigenvalue weighted by molar-refractivity contribution is -0.197. The van der Waals surface area contributed by atoms with Crippen molar-refractivity contribution in [3.05, 3.63) is 113 Å². The molecule has 0 radical (unpaired) electrons. The highest BCUT2D eigenvalue weighted by molar-refractivity contribution is 8.77. The minimum atomic E-state index is -1.75. The number of anilines is 2. The lowest BCUT2D eigenvalue weighted by Gasteiger charge is -2.36. The summed E-state index contributed by atoms with van der Waals surface area (Å²) < 4.78 is 42.8. The van der Waals surface area contributed by atoms with Gasteiger partial charge in [-0.3, -0.25) is 33.8 Å². The van der Waals surface area contributed by atoms with Crippen LogP contribution in [0.1, 0.15) is 101 Å². The van der Waals surface area contributed by atoms with Crippen LogP contribution in [0.2, 0.25) is 0 Å². The second kappa shape index (κ2) is 24.1. The van der Waals surface area contributed by atoms with Crippen LogP contribution in [0.25, 0.3) is 0 Å². The lowest BCUT2D eigenvalue weighted by atomic mass is 10.0. The molecule has 8 rings (SSSR count). The van der Waals surface area contributed by atoms with Crippen LogP contribution in [0.5, 0.6) is 11.5 Å². The maximum absolute atomic E-state index is 15.1. The van der Waals surface area contributed by atoms with Crippen molar-refractivity contribution in [2.75, 3.05) is 55.4 Å².